The van der Waals surface area contributed by atoms with Gasteiger partial charge in [-0.25, -0.2) is 0 Å². The summed E-state index contributed by atoms with van der Waals surface area (Å²) in [7, 11) is 0. The number of fused-ring (bicyclic) bond motifs is 1. The Hall–Kier alpha value is -1.12. The van der Waals surface area contributed by atoms with Crippen LogP contribution >= 0.6 is 11.3 Å². The third kappa shape index (κ3) is 2.03. The van der Waals surface area contributed by atoms with Crippen molar-refractivity contribution in [2.24, 2.45) is 5.73 Å². The minimum Gasteiger partial charge on any atom is -0.324 e. The molecule has 2 heteroatoms. The highest BCUT2D eigenvalue weighted by Gasteiger charge is 2.12. The van der Waals surface area contributed by atoms with Gasteiger partial charge in [-0.05, 0) is 55.0 Å². The van der Waals surface area contributed by atoms with Crippen molar-refractivity contribution < 1.29 is 0 Å². The van der Waals surface area contributed by atoms with Crippen LogP contribution in [-0.4, -0.2) is 0 Å². The number of aryl methyl sites for hydroxylation is 2. The van der Waals surface area contributed by atoms with E-state index < -0.39 is 0 Å². The van der Waals surface area contributed by atoms with Gasteiger partial charge in [0.05, 0.1) is 0 Å². The molecule has 1 aliphatic rings. The maximum atomic E-state index is 5.91. The first-order valence-electron chi connectivity index (χ1n) is 6.21. The molecule has 17 heavy (non-hydrogen) atoms. The molecule has 1 atom stereocenters. The molecule has 2 aromatic rings. The fraction of sp³-hybridized carbons (Fsp3) is 0.333. The molecule has 1 aliphatic carbocycles. The van der Waals surface area contributed by atoms with Gasteiger partial charge in [-0.1, -0.05) is 18.2 Å². The van der Waals surface area contributed by atoms with Crippen LogP contribution in [0.2, 0.25) is 0 Å². The lowest BCUT2D eigenvalue weighted by Crippen LogP contribution is -2.01. The molecule has 0 bridgehead atoms. The van der Waals surface area contributed by atoms with Crippen LogP contribution in [0.3, 0.4) is 0 Å². The van der Waals surface area contributed by atoms with Crippen LogP contribution in [0.1, 0.15) is 35.4 Å². The van der Waals surface area contributed by atoms with Gasteiger partial charge in [0.15, 0.2) is 0 Å². The molecule has 1 unspecified atom stereocenters. The summed E-state index contributed by atoms with van der Waals surface area (Å²) in [6.45, 7) is 2.04. The third-order valence-corrected chi connectivity index (χ3v) is 4.79. The number of hydrogen-bond donors (Lipinski definition) is 1. The van der Waals surface area contributed by atoms with E-state index in [1.54, 1.807) is 5.56 Å². The summed E-state index contributed by atoms with van der Waals surface area (Å²) in [5.41, 5.74) is 10.3. The Balaban J connectivity index is 1.97. The molecule has 0 aliphatic heterocycles. The second kappa shape index (κ2) is 4.28. The second-order valence-corrected chi connectivity index (χ2v) is 5.94. The van der Waals surface area contributed by atoms with Gasteiger partial charge in [0, 0.05) is 15.8 Å². The lowest BCUT2D eigenvalue weighted by molar-refractivity contribution is 0.838. The second-order valence-electron chi connectivity index (χ2n) is 4.83. The van der Waals surface area contributed by atoms with E-state index in [0.29, 0.717) is 0 Å². The quantitative estimate of drug-likeness (QED) is 0.850. The highest BCUT2D eigenvalue weighted by Crippen LogP contribution is 2.33. The average molecular weight is 243 g/mol. The van der Waals surface area contributed by atoms with Crippen LogP contribution in [0.5, 0.6) is 0 Å². The molecule has 1 heterocycles. The van der Waals surface area contributed by atoms with Crippen molar-refractivity contribution in [2.75, 3.05) is 0 Å². The number of nitrogens with two attached hydrogens (primary N) is 1. The van der Waals surface area contributed by atoms with Crippen LogP contribution in [0.4, 0.5) is 0 Å². The Morgan fingerprint density at radius 3 is 2.71 bits per heavy atom. The normalized spacial score (nSPS) is 15.9. The molecule has 0 radical (unpaired) electrons. The number of benzene rings is 1. The Bertz CT molecular complexity index is 540. The predicted octanol–water partition coefficient (Wildman–Crippen LogP) is 3.92. The summed E-state index contributed by atoms with van der Waals surface area (Å²) < 4.78 is 0. The molecule has 1 aromatic heterocycles. The van der Waals surface area contributed by atoms with Crippen molar-refractivity contribution in [1.29, 1.82) is 0 Å². The molecule has 1 aromatic carbocycles. The zero-order chi connectivity index (χ0) is 11.8. The van der Waals surface area contributed by atoms with E-state index in [2.05, 4.69) is 30.3 Å². The smallest absolute Gasteiger partial charge is 0.0361 e. The highest BCUT2D eigenvalue weighted by molar-refractivity contribution is 7.15. The largest absolute Gasteiger partial charge is 0.324 e. The van der Waals surface area contributed by atoms with Crippen molar-refractivity contribution in [3.8, 4) is 10.4 Å². The van der Waals surface area contributed by atoms with Crippen LogP contribution < -0.4 is 5.73 Å². The first kappa shape index (κ1) is 11.0. The number of rotatable bonds is 2. The van der Waals surface area contributed by atoms with Gasteiger partial charge in [-0.15, -0.1) is 11.3 Å². The summed E-state index contributed by atoms with van der Waals surface area (Å²) in [4.78, 5) is 2.60. The SMILES string of the molecule is CC(N)c1ccc(-c2ccc3c(c2)CCC3)s1. The van der Waals surface area contributed by atoms with E-state index >= 15 is 0 Å². The van der Waals surface area contributed by atoms with E-state index in [9.17, 15) is 0 Å². The fourth-order valence-corrected chi connectivity index (χ4v) is 3.43. The Kier molecular flexibility index (Phi) is 2.77. The molecule has 1 nitrogen and oxygen atoms in total. The molecule has 0 spiro atoms. The predicted molar refractivity (Wildman–Crippen MR) is 74.4 cm³/mol. The lowest BCUT2D eigenvalue weighted by Gasteiger charge is -2.03. The van der Waals surface area contributed by atoms with Gasteiger partial charge in [0.1, 0.15) is 0 Å². The third-order valence-electron chi connectivity index (χ3n) is 3.46. The Morgan fingerprint density at radius 1 is 1.12 bits per heavy atom. The summed E-state index contributed by atoms with van der Waals surface area (Å²) >= 11 is 1.81. The van der Waals surface area contributed by atoms with E-state index in [4.69, 9.17) is 5.73 Å². The van der Waals surface area contributed by atoms with Crippen molar-refractivity contribution >= 4 is 11.3 Å². The van der Waals surface area contributed by atoms with E-state index in [-0.39, 0.29) is 6.04 Å². The van der Waals surface area contributed by atoms with Crippen molar-refractivity contribution in [1.82, 2.24) is 0 Å². The van der Waals surface area contributed by atoms with Gasteiger partial charge >= 0.3 is 0 Å². The lowest BCUT2D eigenvalue weighted by atomic mass is 10.1. The summed E-state index contributed by atoms with van der Waals surface area (Å²) in [6.07, 6.45) is 3.81. The van der Waals surface area contributed by atoms with Gasteiger partial charge in [0.2, 0.25) is 0 Å². The maximum Gasteiger partial charge on any atom is 0.0361 e. The number of hydrogen-bond acceptors (Lipinski definition) is 2. The summed E-state index contributed by atoms with van der Waals surface area (Å²) in [6, 6.07) is 11.4. The zero-order valence-corrected chi connectivity index (χ0v) is 10.9. The zero-order valence-electron chi connectivity index (χ0n) is 10.1. The van der Waals surface area contributed by atoms with Gasteiger partial charge in [-0.2, -0.15) is 0 Å². The molecule has 2 N–H and O–H groups in total. The number of thiophene rings is 1. The Labute approximate surface area is 106 Å². The first-order valence-corrected chi connectivity index (χ1v) is 7.03. The standard InChI is InChI=1S/C15H17NS/c1-10(16)14-7-8-15(17-14)13-6-5-11-3-2-4-12(11)9-13/h5-10H,2-4,16H2,1H3. The van der Waals surface area contributed by atoms with Gasteiger partial charge < -0.3 is 5.73 Å². The van der Waals surface area contributed by atoms with Gasteiger partial charge in [0.25, 0.3) is 0 Å². The minimum atomic E-state index is 0.142. The average Bonchev–Trinajstić information content (AvgIpc) is 2.97. The van der Waals surface area contributed by atoms with E-state index in [1.165, 1.54) is 40.1 Å². The summed E-state index contributed by atoms with van der Waals surface area (Å²) in [5, 5.41) is 0. The van der Waals surface area contributed by atoms with E-state index in [0.717, 1.165) is 0 Å². The van der Waals surface area contributed by atoms with Crippen LogP contribution in [0.25, 0.3) is 10.4 Å². The first-order chi connectivity index (χ1) is 8.24. The molecule has 3 rings (SSSR count). The van der Waals surface area contributed by atoms with Crippen LogP contribution in [-0.2, 0) is 12.8 Å². The Morgan fingerprint density at radius 2 is 1.94 bits per heavy atom. The van der Waals surface area contributed by atoms with Crippen molar-refractivity contribution in [2.45, 2.75) is 32.2 Å². The summed E-state index contributed by atoms with van der Waals surface area (Å²) in [5.74, 6) is 0. The molecular formula is C15H17NS. The minimum absolute atomic E-state index is 0.142. The monoisotopic (exact) mass is 243 g/mol. The molecule has 0 fully saturated rings. The van der Waals surface area contributed by atoms with Crippen molar-refractivity contribution in [3.05, 3.63) is 46.3 Å². The molecule has 0 saturated carbocycles. The van der Waals surface area contributed by atoms with E-state index in [1.807, 2.05) is 18.3 Å². The highest BCUT2D eigenvalue weighted by atomic mass is 32.1. The van der Waals surface area contributed by atoms with Crippen molar-refractivity contribution in [3.63, 3.8) is 0 Å². The molecule has 88 valence electrons. The molecule has 0 amide bonds. The van der Waals surface area contributed by atoms with Crippen LogP contribution in [0.15, 0.2) is 30.3 Å². The van der Waals surface area contributed by atoms with Crippen LogP contribution in [0, 0.1) is 0 Å². The maximum absolute atomic E-state index is 5.91. The fourth-order valence-electron chi connectivity index (χ4n) is 2.48. The topological polar surface area (TPSA) is 26.0 Å². The molecular weight excluding hydrogens is 226 g/mol. The molecule has 0 saturated heterocycles. The van der Waals surface area contributed by atoms with Gasteiger partial charge in [-0.3, -0.25) is 0 Å².